The van der Waals surface area contributed by atoms with E-state index in [4.69, 9.17) is 21.8 Å². The Labute approximate surface area is 125 Å². The van der Waals surface area contributed by atoms with Crippen molar-refractivity contribution in [3.63, 3.8) is 0 Å². The van der Waals surface area contributed by atoms with Crippen LogP contribution in [-0.4, -0.2) is 21.8 Å². The Morgan fingerprint density at radius 2 is 2.10 bits per heavy atom. The van der Waals surface area contributed by atoms with E-state index in [2.05, 4.69) is 9.98 Å². The number of nitrogens with two attached hydrogens (primary N) is 1. The number of aromatic nitrogens is 1. The van der Waals surface area contributed by atoms with E-state index in [1.807, 2.05) is 24.3 Å². The molecule has 0 saturated carbocycles. The number of aliphatic imine (C=N–C) groups is 1. The van der Waals surface area contributed by atoms with Crippen molar-refractivity contribution < 1.29 is 9.52 Å². The van der Waals surface area contributed by atoms with Gasteiger partial charge in [0, 0.05) is 0 Å². The maximum Gasteiger partial charge on any atom is 0.231 e. The van der Waals surface area contributed by atoms with Gasteiger partial charge < -0.3 is 15.3 Å². The van der Waals surface area contributed by atoms with E-state index >= 15 is 0 Å². The zero-order valence-corrected chi connectivity index (χ0v) is 11.7. The van der Waals surface area contributed by atoms with Crippen LogP contribution in [0.25, 0.3) is 22.6 Å². The van der Waals surface area contributed by atoms with Crippen molar-refractivity contribution in [1.29, 1.82) is 0 Å². The molecule has 0 saturated heterocycles. The third-order valence-electron chi connectivity index (χ3n) is 2.91. The number of oxazole rings is 1. The molecule has 5 nitrogen and oxygen atoms in total. The summed E-state index contributed by atoms with van der Waals surface area (Å²) < 4.78 is 5.64. The fraction of sp³-hybridized carbons (Fsp3) is 0.0667. The van der Waals surface area contributed by atoms with Crippen molar-refractivity contribution in [2.45, 2.75) is 0 Å². The van der Waals surface area contributed by atoms with Gasteiger partial charge in [0.2, 0.25) is 5.89 Å². The number of phenols is 1. The molecule has 1 heterocycles. The highest BCUT2D eigenvalue weighted by Gasteiger charge is 2.12. The molecule has 0 radical (unpaired) electrons. The number of hydrogen-bond acceptors (Lipinski definition) is 4. The van der Waals surface area contributed by atoms with Gasteiger partial charge in [-0.3, -0.25) is 0 Å². The third-order valence-corrected chi connectivity index (χ3v) is 3.19. The minimum Gasteiger partial charge on any atom is -0.507 e. The number of aromatic hydroxyl groups is 1. The Hall–Kier alpha value is -2.53. The van der Waals surface area contributed by atoms with Crippen LogP contribution in [0.2, 0.25) is 0 Å². The standard InChI is InChI=1S/C15H12ClN3O2/c16-8-14(17)18-9-5-6-12(20)10(7-9)15-19-11-3-1-2-4-13(11)21-15/h1-7,20H,8H2,(H2,17,18). The highest BCUT2D eigenvalue weighted by Crippen LogP contribution is 2.33. The lowest BCUT2D eigenvalue weighted by molar-refractivity contribution is 0.474. The van der Waals surface area contributed by atoms with Crippen LogP contribution in [0.15, 0.2) is 51.9 Å². The third kappa shape index (κ3) is 2.68. The maximum atomic E-state index is 10.00. The van der Waals surface area contributed by atoms with E-state index in [1.165, 1.54) is 6.07 Å². The largest absolute Gasteiger partial charge is 0.507 e. The van der Waals surface area contributed by atoms with Gasteiger partial charge in [0.1, 0.15) is 17.1 Å². The van der Waals surface area contributed by atoms with Crippen LogP contribution >= 0.6 is 11.6 Å². The smallest absolute Gasteiger partial charge is 0.231 e. The van der Waals surface area contributed by atoms with Crippen molar-refractivity contribution in [2.75, 3.05) is 5.88 Å². The number of amidine groups is 1. The van der Waals surface area contributed by atoms with Gasteiger partial charge in [-0.2, -0.15) is 0 Å². The van der Waals surface area contributed by atoms with Gasteiger partial charge in [-0.1, -0.05) is 12.1 Å². The molecule has 0 fully saturated rings. The van der Waals surface area contributed by atoms with Gasteiger partial charge in [-0.25, -0.2) is 9.98 Å². The molecular weight excluding hydrogens is 290 g/mol. The summed E-state index contributed by atoms with van der Waals surface area (Å²) in [5.74, 6) is 0.824. The van der Waals surface area contributed by atoms with Crippen LogP contribution in [0, 0.1) is 0 Å². The fourth-order valence-electron chi connectivity index (χ4n) is 1.95. The number of hydrogen-bond donors (Lipinski definition) is 2. The molecule has 0 spiro atoms. The number of fused-ring (bicyclic) bond motifs is 1. The highest BCUT2D eigenvalue weighted by molar-refractivity contribution is 6.28. The van der Waals surface area contributed by atoms with E-state index in [9.17, 15) is 5.11 Å². The SMILES string of the molecule is NC(CCl)=Nc1ccc(O)c(-c2nc3ccccc3o2)c1. The molecule has 0 unspecified atom stereocenters. The van der Waals surface area contributed by atoms with Crippen molar-refractivity contribution in [1.82, 2.24) is 4.98 Å². The van der Waals surface area contributed by atoms with E-state index in [-0.39, 0.29) is 11.6 Å². The van der Waals surface area contributed by atoms with Crippen LogP contribution < -0.4 is 5.73 Å². The molecule has 3 aromatic rings. The second-order valence-electron chi connectivity index (χ2n) is 4.42. The quantitative estimate of drug-likeness (QED) is 0.441. The van der Waals surface area contributed by atoms with Crippen LogP contribution in [0.5, 0.6) is 5.75 Å². The molecule has 0 aliphatic heterocycles. The molecule has 2 aromatic carbocycles. The zero-order valence-electron chi connectivity index (χ0n) is 11.0. The molecule has 106 valence electrons. The van der Waals surface area contributed by atoms with Crippen molar-refractivity contribution in [2.24, 2.45) is 10.7 Å². The number of rotatable bonds is 3. The van der Waals surface area contributed by atoms with E-state index < -0.39 is 0 Å². The topological polar surface area (TPSA) is 84.6 Å². The summed E-state index contributed by atoms with van der Waals surface area (Å²) >= 11 is 5.61. The first kappa shape index (κ1) is 13.5. The molecule has 0 aliphatic rings. The van der Waals surface area contributed by atoms with Crippen molar-refractivity contribution in [3.8, 4) is 17.2 Å². The summed E-state index contributed by atoms with van der Waals surface area (Å²) in [5, 5.41) is 10.00. The number of phenolic OH excluding ortho intramolecular Hbond substituents is 1. The van der Waals surface area contributed by atoms with Gasteiger partial charge >= 0.3 is 0 Å². The first-order valence-corrected chi connectivity index (χ1v) is 6.79. The number of para-hydroxylation sites is 2. The molecule has 3 N–H and O–H groups in total. The summed E-state index contributed by atoms with van der Waals surface area (Å²) in [6, 6.07) is 12.2. The predicted molar refractivity (Wildman–Crippen MR) is 83.1 cm³/mol. The highest BCUT2D eigenvalue weighted by atomic mass is 35.5. The van der Waals surface area contributed by atoms with Crippen LogP contribution in [-0.2, 0) is 0 Å². The lowest BCUT2D eigenvalue weighted by Gasteiger charge is -2.02. The van der Waals surface area contributed by atoms with Gasteiger partial charge in [-0.05, 0) is 30.3 Å². The summed E-state index contributed by atoms with van der Waals surface area (Å²) in [4.78, 5) is 8.49. The van der Waals surface area contributed by atoms with E-state index in [1.54, 1.807) is 12.1 Å². The second-order valence-corrected chi connectivity index (χ2v) is 4.69. The summed E-state index contributed by atoms with van der Waals surface area (Å²) in [7, 11) is 0. The molecule has 0 bridgehead atoms. The predicted octanol–water partition coefficient (Wildman–Crippen LogP) is 3.43. The first-order chi connectivity index (χ1) is 10.2. The summed E-state index contributed by atoms with van der Waals surface area (Å²) in [6.07, 6.45) is 0. The van der Waals surface area contributed by atoms with Crippen molar-refractivity contribution in [3.05, 3.63) is 42.5 Å². The molecule has 0 atom stereocenters. The molecule has 21 heavy (non-hydrogen) atoms. The molecule has 0 amide bonds. The minimum atomic E-state index is 0.0601. The lowest BCUT2D eigenvalue weighted by Crippen LogP contribution is -2.12. The van der Waals surface area contributed by atoms with Gasteiger partial charge in [0.05, 0.1) is 17.1 Å². The van der Waals surface area contributed by atoms with E-state index in [0.717, 1.165) is 5.52 Å². The number of halogens is 1. The number of nitrogens with zero attached hydrogens (tertiary/aromatic N) is 2. The van der Waals surface area contributed by atoms with E-state index in [0.29, 0.717) is 28.6 Å². The van der Waals surface area contributed by atoms with Crippen LogP contribution in [0.1, 0.15) is 0 Å². The van der Waals surface area contributed by atoms with Crippen LogP contribution in [0.3, 0.4) is 0 Å². The zero-order chi connectivity index (χ0) is 14.8. The van der Waals surface area contributed by atoms with Gasteiger partial charge in [0.25, 0.3) is 0 Å². The Bertz CT molecular complexity index is 794. The maximum absolute atomic E-state index is 10.00. The lowest BCUT2D eigenvalue weighted by atomic mass is 10.2. The minimum absolute atomic E-state index is 0.0601. The molecule has 0 aliphatic carbocycles. The molecule has 1 aromatic heterocycles. The second kappa shape index (κ2) is 5.46. The first-order valence-electron chi connectivity index (χ1n) is 6.25. The number of benzene rings is 2. The molecular formula is C15H12ClN3O2. The monoisotopic (exact) mass is 301 g/mol. The fourth-order valence-corrected chi connectivity index (χ4v) is 2.01. The Morgan fingerprint density at radius 3 is 2.86 bits per heavy atom. The summed E-state index contributed by atoms with van der Waals surface area (Å²) in [5.41, 5.74) is 8.01. The van der Waals surface area contributed by atoms with Crippen molar-refractivity contribution >= 4 is 34.2 Å². The Balaban J connectivity index is 2.10. The van der Waals surface area contributed by atoms with Gasteiger partial charge in [-0.15, -0.1) is 11.6 Å². The number of alkyl halides is 1. The summed E-state index contributed by atoms with van der Waals surface area (Å²) in [6.45, 7) is 0. The Morgan fingerprint density at radius 1 is 1.29 bits per heavy atom. The molecule has 3 rings (SSSR count). The van der Waals surface area contributed by atoms with Crippen LogP contribution in [0.4, 0.5) is 5.69 Å². The normalized spacial score (nSPS) is 12.0. The Kier molecular flexibility index (Phi) is 3.50. The average molecular weight is 302 g/mol. The average Bonchev–Trinajstić information content (AvgIpc) is 2.92. The van der Waals surface area contributed by atoms with Gasteiger partial charge in [0.15, 0.2) is 5.58 Å². The molecule has 6 heteroatoms.